The van der Waals surface area contributed by atoms with Crippen molar-refractivity contribution in [3.05, 3.63) is 16.5 Å². The van der Waals surface area contributed by atoms with Gasteiger partial charge in [0.1, 0.15) is 4.21 Å². The Morgan fingerprint density at radius 1 is 1.58 bits per heavy atom. The first-order chi connectivity index (χ1) is 8.77. The van der Waals surface area contributed by atoms with E-state index in [0.717, 1.165) is 11.3 Å². The number of carbonyl (C=O) groups excluding carboxylic acids is 1. The van der Waals surface area contributed by atoms with Crippen molar-refractivity contribution in [2.45, 2.75) is 30.5 Å². The molecule has 0 saturated carbocycles. The lowest BCUT2D eigenvalue weighted by Gasteiger charge is -2.13. The standard InChI is InChI=1S/C11H18N2O4S2/c1-7(4-5-17-3)13-10(14)9-6-18-11(8(9)2)19(12,15)16/h6-7H,4-5H2,1-3H3,(H,13,14)(H2,12,15,16). The van der Waals surface area contributed by atoms with Crippen molar-refractivity contribution in [3.63, 3.8) is 0 Å². The Balaban J connectivity index is 2.82. The van der Waals surface area contributed by atoms with Crippen molar-refractivity contribution in [2.75, 3.05) is 13.7 Å². The Morgan fingerprint density at radius 2 is 2.21 bits per heavy atom. The number of thiophene rings is 1. The molecule has 1 heterocycles. The van der Waals surface area contributed by atoms with Gasteiger partial charge in [0.05, 0.1) is 5.56 Å². The molecule has 0 saturated heterocycles. The normalized spacial score (nSPS) is 13.3. The van der Waals surface area contributed by atoms with Gasteiger partial charge in [0, 0.05) is 25.1 Å². The van der Waals surface area contributed by atoms with Crippen LogP contribution in [0.4, 0.5) is 0 Å². The van der Waals surface area contributed by atoms with Crippen LogP contribution >= 0.6 is 11.3 Å². The Labute approximate surface area is 117 Å². The van der Waals surface area contributed by atoms with Gasteiger partial charge in [0.15, 0.2) is 0 Å². The molecule has 1 rings (SSSR count). The van der Waals surface area contributed by atoms with Gasteiger partial charge in [-0.3, -0.25) is 4.79 Å². The van der Waals surface area contributed by atoms with Crippen molar-refractivity contribution in [2.24, 2.45) is 5.14 Å². The van der Waals surface area contributed by atoms with Crippen molar-refractivity contribution in [1.29, 1.82) is 0 Å². The maximum Gasteiger partial charge on any atom is 0.252 e. The second-order valence-corrected chi connectivity index (χ2v) is 6.90. The number of sulfonamides is 1. The number of ether oxygens (including phenoxy) is 1. The molecule has 0 bridgehead atoms. The van der Waals surface area contributed by atoms with Gasteiger partial charge in [-0.25, -0.2) is 13.6 Å². The van der Waals surface area contributed by atoms with Crippen LogP contribution < -0.4 is 10.5 Å². The van der Waals surface area contributed by atoms with Gasteiger partial charge in [-0.15, -0.1) is 11.3 Å². The van der Waals surface area contributed by atoms with Crippen LogP contribution in [0.1, 0.15) is 29.3 Å². The molecule has 1 atom stereocenters. The summed E-state index contributed by atoms with van der Waals surface area (Å²) in [6.07, 6.45) is 0.688. The number of primary sulfonamides is 1. The largest absolute Gasteiger partial charge is 0.385 e. The molecule has 0 spiro atoms. The fourth-order valence-corrected chi connectivity index (χ4v) is 3.58. The predicted octanol–water partition coefficient (Wildman–Crippen LogP) is 0.859. The fraction of sp³-hybridized carbons (Fsp3) is 0.545. The van der Waals surface area contributed by atoms with E-state index < -0.39 is 10.0 Å². The molecule has 1 amide bonds. The predicted molar refractivity (Wildman–Crippen MR) is 73.9 cm³/mol. The molecule has 0 aliphatic carbocycles. The molecular formula is C11H18N2O4S2. The number of carbonyl (C=O) groups is 1. The van der Waals surface area contributed by atoms with Crippen LogP contribution in [0.25, 0.3) is 0 Å². The van der Waals surface area contributed by atoms with Gasteiger partial charge in [-0.05, 0) is 25.8 Å². The summed E-state index contributed by atoms with van der Waals surface area (Å²) in [7, 11) is -2.18. The van der Waals surface area contributed by atoms with E-state index in [-0.39, 0.29) is 16.2 Å². The van der Waals surface area contributed by atoms with Crippen LogP contribution in [0.15, 0.2) is 9.59 Å². The van der Waals surface area contributed by atoms with Crippen LogP contribution in [-0.2, 0) is 14.8 Å². The molecule has 0 fully saturated rings. The van der Waals surface area contributed by atoms with E-state index in [1.54, 1.807) is 14.0 Å². The lowest BCUT2D eigenvalue weighted by molar-refractivity contribution is 0.0929. The van der Waals surface area contributed by atoms with E-state index >= 15 is 0 Å². The number of nitrogens with one attached hydrogen (secondary N) is 1. The number of rotatable bonds is 6. The highest BCUT2D eigenvalue weighted by Gasteiger charge is 2.21. The van der Waals surface area contributed by atoms with Gasteiger partial charge in [0.25, 0.3) is 5.91 Å². The summed E-state index contributed by atoms with van der Waals surface area (Å²) in [5.74, 6) is -0.299. The summed E-state index contributed by atoms with van der Waals surface area (Å²) in [5.41, 5.74) is 0.738. The van der Waals surface area contributed by atoms with Crippen LogP contribution in [0.3, 0.4) is 0 Å². The molecule has 19 heavy (non-hydrogen) atoms. The van der Waals surface area contributed by atoms with E-state index in [4.69, 9.17) is 9.88 Å². The minimum absolute atomic E-state index is 0.0298. The van der Waals surface area contributed by atoms with Gasteiger partial charge in [-0.1, -0.05) is 0 Å². The van der Waals surface area contributed by atoms with Crippen LogP contribution in [0.2, 0.25) is 0 Å². The zero-order chi connectivity index (χ0) is 14.6. The number of amides is 1. The van der Waals surface area contributed by atoms with Gasteiger partial charge in [0.2, 0.25) is 10.0 Å². The SMILES string of the molecule is COCCC(C)NC(=O)c1csc(S(N)(=O)=O)c1C. The highest BCUT2D eigenvalue weighted by Crippen LogP contribution is 2.25. The maximum atomic E-state index is 12.0. The molecule has 1 unspecified atom stereocenters. The summed E-state index contributed by atoms with van der Waals surface area (Å²) < 4.78 is 27.5. The first-order valence-electron chi connectivity index (χ1n) is 5.68. The fourth-order valence-electron chi connectivity index (χ4n) is 1.57. The quantitative estimate of drug-likeness (QED) is 0.814. The minimum Gasteiger partial charge on any atom is -0.385 e. The Hall–Kier alpha value is -0.960. The highest BCUT2D eigenvalue weighted by molar-refractivity contribution is 7.91. The molecule has 6 nitrogen and oxygen atoms in total. The Bertz CT molecular complexity index is 551. The highest BCUT2D eigenvalue weighted by atomic mass is 32.2. The second kappa shape index (κ2) is 6.47. The number of hydrogen-bond acceptors (Lipinski definition) is 5. The smallest absolute Gasteiger partial charge is 0.252 e. The average molecular weight is 306 g/mol. The topological polar surface area (TPSA) is 98.5 Å². The third-order valence-corrected chi connectivity index (χ3v) is 5.31. The van der Waals surface area contributed by atoms with Gasteiger partial charge >= 0.3 is 0 Å². The molecule has 1 aromatic rings. The first kappa shape index (κ1) is 16.1. The lowest BCUT2D eigenvalue weighted by atomic mass is 10.2. The van der Waals surface area contributed by atoms with Crippen LogP contribution in [-0.4, -0.2) is 34.1 Å². The zero-order valence-electron chi connectivity index (χ0n) is 11.1. The summed E-state index contributed by atoms with van der Waals surface area (Å²) in [5, 5.41) is 9.37. The monoisotopic (exact) mass is 306 g/mol. The van der Waals surface area contributed by atoms with E-state index in [0.29, 0.717) is 24.2 Å². The Kier molecular flexibility index (Phi) is 5.48. The third-order valence-electron chi connectivity index (χ3n) is 2.63. The molecule has 0 aliphatic heterocycles. The summed E-state index contributed by atoms with van der Waals surface area (Å²) in [6, 6.07) is -0.0512. The number of methoxy groups -OCH3 is 1. The molecular weight excluding hydrogens is 288 g/mol. The lowest BCUT2D eigenvalue weighted by Crippen LogP contribution is -2.33. The average Bonchev–Trinajstić information content (AvgIpc) is 2.68. The van der Waals surface area contributed by atoms with Crippen LogP contribution in [0.5, 0.6) is 0 Å². The minimum atomic E-state index is -3.77. The maximum absolute atomic E-state index is 12.0. The molecule has 1 aromatic heterocycles. The van der Waals surface area contributed by atoms with E-state index in [9.17, 15) is 13.2 Å². The third kappa shape index (κ3) is 4.27. The zero-order valence-corrected chi connectivity index (χ0v) is 12.7. The molecule has 0 aliphatic rings. The molecule has 0 radical (unpaired) electrons. The van der Waals surface area contributed by atoms with Crippen molar-refractivity contribution < 1.29 is 17.9 Å². The number of hydrogen-bond donors (Lipinski definition) is 2. The summed E-state index contributed by atoms with van der Waals surface area (Å²) >= 11 is 0.958. The Morgan fingerprint density at radius 3 is 2.68 bits per heavy atom. The van der Waals surface area contributed by atoms with E-state index in [2.05, 4.69) is 5.32 Å². The van der Waals surface area contributed by atoms with E-state index in [1.807, 2.05) is 6.92 Å². The van der Waals surface area contributed by atoms with Crippen LogP contribution in [0, 0.1) is 6.92 Å². The molecule has 0 aromatic carbocycles. The summed E-state index contributed by atoms with van der Waals surface area (Å²) in [4.78, 5) is 12.0. The number of nitrogens with two attached hydrogens (primary N) is 1. The summed E-state index contributed by atoms with van der Waals surface area (Å²) in [6.45, 7) is 3.98. The molecule has 8 heteroatoms. The van der Waals surface area contributed by atoms with Crippen molar-refractivity contribution in [1.82, 2.24) is 5.32 Å². The molecule has 108 valence electrons. The second-order valence-electron chi connectivity index (χ2n) is 4.26. The van der Waals surface area contributed by atoms with Crippen molar-refractivity contribution >= 4 is 27.3 Å². The molecule has 3 N–H and O–H groups in total. The van der Waals surface area contributed by atoms with E-state index in [1.165, 1.54) is 5.38 Å². The van der Waals surface area contributed by atoms with Gasteiger partial charge in [-0.2, -0.15) is 0 Å². The first-order valence-corrected chi connectivity index (χ1v) is 8.10. The van der Waals surface area contributed by atoms with Gasteiger partial charge < -0.3 is 10.1 Å². The van der Waals surface area contributed by atoms with Crippen molar-refractivity contribution in [3.8, 4) is 0 Å².